The minimum absolute atomic E-state index is 0.303. The molecule has 0 aliphatic carbocycles. The first-order valence-electron chi connectivity index (χ1n) is 12.3. The van der Waals surface area contributed by atoms with Crippen LogP contribution in [0.25, 0.3) is 21.7 Å². The van der Waals surface area contributed by atoms with Gasteiger partial charge in [-0.3, -0.25) is 0 Å². The average molecular weight is 479 g/mol. The Labute approximate surface area is 205 Å². The molecule has 6 nitrogen and oxygen atoms in total. The van der Waals surface area contributed by atoms with Gasteiger partial charge in [-0.2, -0.15) is 0 Å². The number of hydrogen-bond acceptors (Lipinski definition) is 5. The molecule has 4 aromatic rings. The third kappa shape index (κ3) is 5.00. The Hall–Kier alpha value is -2.77. The normalized spacial score (nSPS) is 17.2. The van der Waals surface area contributed by atoms with E-state index in [1.807, 2.05) is 24.3 Å². The summed E-state index contributed by atoms with van der Waals surface area (Å²) in [7, 11) is 4.30. The van der Waals surface area contributed by atoms with E-state index in [0.29, 0.717) is 12.7 Å². The average Bonchev–Trinajstić information content (AvgIpc) is 3.50. The molecule has 3 aromatic heterocycles. The number of fused-ring (bicyclic) bond motifs is 1. The smallest absolute Gasteiger partial charge is 0.157 e. The highest BCUT2D eigenvalue weighted by Gasteiger charge is 2.17. The van der Waals surface area contributed by atoms with Gasteiger partial charge in [-0.1, -0.05) is 6.92 Å². The molecule has 1 unspecified atom stereocenters. The van der Waals surface area contributed by atoms with E-state index in [0.717, 1.165) is 67.6 Å². The van der Waals surface area contributed by atoms with Crippen LogP contribution in [0.1, 0.15) is 31.9 Å². The Morgan fingerprint density at radius 3 is 2.68 bits per heavy atom. The first-order chi connectivity index (χ1) is 16.6. The van der Waals surface area contributed by atoms with Crippen LogP contribution in [-0.4, -0.2) is 51.9 Å². The van der Waals surface area contributed by atoms with Crippen LogP contribution >= 0.6 is 11.3 Å². The third-order valence-corrected chi connectivity index (χ3v) is 7.56. The second kappa shape index (κ2) is 10.2. The van der Waals surface area contributed by atoms with Crippen LogP contribution in [0.5, 0.6) is 11.5 Å². The third-order valence-electron chi connectivity index (χ3n) is 6.71. The lowest BCUT2D eigenvalue weighted by molar-refractivity contribution is 0.183. The first-order valence-corrected chi connectivity index (χ1v) is 13.2. The van der Waals surface area contributed by atoms with Crippen LogP contribution in [0, 0.1) is 0 Å². The lowest BCUT2D eigenvalue weighted by atomic mass is 10.1. The van der Waals surface area contributed by atoms with Gasteiger partial charge in [-0.05, 0) is 81.1 Å². The molecule has 0 bridgehead atoms. The molecule has 1 aromatic carbocycles. The van der Waals surface area contributed by atoms with Gasteiger partial charge in [0.1, 0.15) is 18.1 Å². The molecule has 5 rings (SSSR count). The maximum atomic E-state index is 6.23. The summed E-state index contributed by atoms with van der Waals surface area (Å²) < 4.78 is 18.1. The minimum Gasteiger partial charge on any atom is -0.492 e. The SMILES string of the molecule is CCc1cn(CCOc2ccc(OC3CCCN(C)CC3)cc2)c(-c2cc3sccc3n2C)n1. The van der Waals surface area contributed by atoms with Crippen molar-refractivity contribution < 1.29 is 9.47 Å². The second-order valence-electron chi connectivity index (χ2n) is 9.16. The van der Waals surface area contributed by atoms with Crippen molar-refractivity contribution in [1.82, 2.24) is 19.0 Å². The molecule has 7 heteroatoms. The zero-order valence-corrected chi connectivity index (χ0v) is 21.2. The number of hydrogen-bond donors (Lipinski definition) is 0. The zero-order chi connectivity index (χ0) is 23.5. The zero-order valence-electron chi connectivity index (χ0n) is 20.4. The van der Waals surface area contributed by atoms with E-state index in [-0.39, 0.29) is 0 Å². The Morgan fingerprint density at radius 1 is 1.06 bits per heavy atom. The number of ether oxygens (including phenoxy) is 2. The summed E-state index contributed by atoms with van der Waals surface area (Å²) in [5.41, 5.74) is 3.50. The molecule has 1 fully saturated rings. The lowest BCUT2D eigenvalue weighted by Gasteiger charge is -2.17. The summed E-state index contributed by atoms with van der Waals surface area (Å²) in [4.78, 5) is 7.30. The van der Waals surface area contributed by atoms with E-state index in [2.05, 4.69) is 58.8 Å². The van der Waals surface area contributed by atoms with Crippen molar-refractivity contribution in [3.05, 3.63) is 53.7 Å². The fourth-order valence-electron chi connectivity index (χ4n) is 4.68. The quantitative estimate of drug-likeness (QED) is 0.330. The number of thiophene rings is 1. The number of nitrogens with zero attached hydrogens (tertiary/aromatic N) is 4. The van der Waals surface area contributed by atoms with Gasteiger partial charge in [0.2, 0.25) is 0 Å². The Kier molecular flexibility index (Phi) is 6.92. The maximum absolute atomic E-state index is 6.23. The first kappa shape index (κ1) is 23.0. The Balaban J connectivity index is 1.21. The van der Waals surface area contributed by atoms with E-state index in [4.69, 9.17) is 14.5 Å². The number of benzene rings is 1. The molecule has 4 heterocycles. The maximum Gasteiger partial charge on any atom is 0.157 e. The highest BCUT2D eigenvalue weighted by atomic mass is 32.1. The van der Waals surface area contributed by atoms with Crippen LogP contribution in [0.15, 0.2) is 48.0 Å². The summed E-state index contributed by atoms with van der Waals surface area (Å²) in [6.45, 7) is 5.74. The largest absolute Gasteiger partial charge is 0.492 e. The number of aromatic nitrogens is 3. The van der Waals surface area contributed by atoms with Crippen molar-refractivity contribution in [3.8, 4) is 23.0 Å². The summed E-state index contributed by atoms with van der Waals surface area (Å²) in [5, 5.41) is 2.14. The van der Waals surface area contributed by atoms with Gasteiger partial charge in [-0.25, -0.2) is 4.98 Å². The van der Waals surface area contributed by atoms with E-state index in [1.165, 1.54) is 16.6 Å². The summed E-state index contributed by atoms with van der Waals surface area (Å²) in [5.74, 6) is 2.80. The summed E-state index contributed by atoms with van der Waals surface area (Å²) >= 11 is 1.77. The highest BCUT2D eigenvalue weighted by Crippen LogP contribution is 2.30. The molecule has 0 saturated carbocycles. The number of aryl methyl sites for hydroxylation is 2. The number of rotatable bonds is 8. The minimum atomic E-state index is 0.303. The van der Waals surface area contributed by atoms with Crippen molar-refractivity contribution in [2.45, 2.75) is 45.3 Å². The van der Waals surface area contributed by atoms with Crippen molar-refractivity contribution in [2.24, 2.45) is 7.05 Å². The lowest BCUT2D eigenvalue weighted by Crippen LogP contribution is -2.21. The predicted molar refractivity (Wildman–Crippen MR) is 139 cm³/mol. The molecule has 180 valence electrons. The monoisotopic (exact) mass is 478 g/mol. The van der Waals surface area contributed by atoms with Gasteiger partial charge in [0, 0.05) is 19.8 Å². The molecule has 0 spiro atoms. The summed E-state index contributed by atoms with van der Waals surface area (Å²) in [6.07, 6.45) is 6.77. The fraction of sp³-hybridized carbons (Fsp3) is 0.444. The van der Waals surface area contributed by atoms with Gasteiger partial charge in [0.25, 0.3) is 0 Å². The molecular weight excluding hydrogens is 444 g/mol. The van der Waals surface area contributed by atoms with Gasteiger partial charge >= 0.3 is 0 Å². The van der Waals surface area contributed by atoms with Crippen LogP contribution in [-0.2, 0) is 20.0 Å². The van der Waals surface area contributed by atoms with Gasteiger partial charge < -0.3 is 23.5 Å². The molecule has 1 aliphatic heterocycles. The predicted octanol–water partition coefficient (Wildman–Crippen LogP) is 5.61. The molecule has 34 heavy (non-hydrogen) atoms. The molecule has 1 saturated heterocycles. The van der Waals surface area contributed by atoms with Gasteiger partial charge in [0.15, 0.2) is 5.82 Å². The van der Waals surface area contributed by atoms with E-state index >= 15 is 0 Å². The topological polar surface area (TPSA) is 44.5 Å². The highest BCUT2D eigenvalue weighted by molar-refractivity contribution is 7.17. The van der Waals surface area contributed by atoms with E-state index in [1.54, 1.807) is 11.3 Å². The molecule has 1 aliphatic rings. The van der Waals surface area contributed by atoms with Crippen molar-refractivity contribution in [2.75, 3.05) is 26.7 Å². The fourth-order valence-corrected chi connectivity index (χ4v) is 5.52. The van der Waals surface area contributed by atoms with Crippen molar-refractivity contribution in [1.29, 1.82) is 0 Å². The Bertz CT molecular complexity index is 1220. The number of likely N-dealkylation sites (tertiary alicyclic amines) is 1. The number of imidazole rings is 1. The van der Waals surface area contributed by atoms with Crippen LogP contribution < -0.4 is 9.47 Å². The summed E-state index contributed by atoms with van der Waals surface area (Å²) in [6, 6.07) is 12.5. The van der Waals surface area contributed by atoms with Crippen molar-refractivity contribution >= 4 is 21.6 Å². The Morgan fingerprint density at radius 2 is 1.88 bits per heavy atom. The molecule has 1 atom stereocenters. The standard InChI is InChI=1S/C27H34N4O2S/c1-4-20-19-31(27(28-20)25-18-26-24(30(25)3)12-17-34-26)15-16-32-21-7-9-23(10-8-21)33-22-6-5-13-29(2)14-11-22/h7-10,12,17-19,22H,4-6,11,13-16H2,1-3H3. The molecule has 0 amide bonds. The van der Waals surface area contributed by atoms with E-state index < -0.39 is 0 Å². The van der Waals surface area contributed by atoms with Crippen LogP contribution in [0.3, 0.4) is 0 Å². The second-order valence-corrected chi connectivity index (χ2v) is 10.1. The van der Waals surface area contributed by atoms with Gasteiger partial charge in [-0.15, -0.1) is 11.3 Å². The molecule has 0 N–H and O–H groups in total. The molecule has 0 radical (unpaired) electrons. The van der Waals surface area contributed by atoms with Crippen LogP contribution in [0.4, 0.5) is 0 Å². The van der Waals surface area contributed by atoms with Crippen molar-refractivity contribution in [3.63, 3.8) is 0 Å². The van der Waals surface area contributed by atoms with Gasteiger partial charge in [0.05, 0.1) is 34.3 Å². The van der Waals surface area contributed by atoms with E-state index in [9.17, 15) is 0 Å². The molecular formula is C27H34N4O2S. The van der Waals surface area contributed by atoms with Crippen LogP contribution in [0.2, 0.25) is 0 Å².